The molecule has 10 nitrogen and oxygen atoms in total. The van der Waals surface area contributed by atoms with E-state index in [9.17, 15) is 13.6 Å². The topological polar surface area (TPSA) is 134 Å². The maximum atomic E-state index is 14.7. The Kier molecular flexibility index (Phi) is 8.46. The molecule has 0 aromatic carbocycles. The highest BCUT2D eigenvalue weighted by Crippen LogP contribution is 2.30. The summed E-state index contributed by atoms with van der Waals surface area (Å²) >= 11 is 0. The number of ether oxygens (including phenoxy) is 1. The van der Waals surface area contributed by atoms with E-state index in [0.29, 0.717) is 19.7 Å². The van der Waals surface area contributed by atoms with Crippen LogP contribution < -0.4 is 32.3 Å². The molecular weight excluding hydrogens is 410 g/mol. The molecule has 1 amide bonds. The number of aromatic nitrogens is 1. The van der Waals surface area contributed by atoms with E-state index in [4.69, 9.17) is 16.2 Å². The van der Waals surface area contributed by atoms with Gasteiger partial charge in [0.15, 0.2) is 5.82 Å². The Morgan fingerprint density at radius 1 is 1.29 bits per heavy atom. The van der Waals surface area contributed by atoms with Gasteiger partial charge in [-0.25, -0.2) is 8.78 Å². The van der Waals surface area contributed by atoms with Crippen LogP contribution in [-0.2, 0) is 9.53 Å². The third kappa shape index (κ3) is 6.05. The maximum Gasteiger partial charge on any atom is 0.233 e. The summed E-state index contributed by atoms with van der Waals surface area (Å²) in [6, 6.07) is 0. The quantitative estimate of drug-likeness (QED) is 0.310. The molecule has 0 aliphatic carbocycles. The van der Waals surface area contributed by atoms with E-state index in [0.717, 1.165) is 25.8 Å². The number of rotatable bonds is 8. The van der Waals surface area contributed by atoms with Crippen molar-refractivity contribution in [1.82, 2.24) is 20.5 Å². The molecule has 3 rings (SSSR count). The predicted octanol–water partition coefficient (Wildman–Crippen LogP) is -1.36. The minimum Gasteiger partial charge on any atom is -0.383 e. The van der Waals surface area contributed by atoms with Crippen molar-refractivity contribution in [1.29, 1.82) is 0 Å². The van der Waals surface area contributed by atoms with Gasteiger partial charge in [-0.2, -0.15) is 0 Å². The van der Waals surface area contributed by atoms with Crippen molar-refractivity contribution in [2.45, 2.75) is 18.5 Å². The van der Waals surface area contributed by atoms with Gasteiger partial charge >= 0.3 is 0 Å². The van der Waals surface area contributed by atoms with Gasteiger partial charge < -0.3 is 26.4 Å². The number of piperazine rings is 1. The molecule has 3 heterocycles. The summed E-state index contributed by atoms with van der Waals surface area (Å²) in [5, 5.41) is 8.54. The number of nitrogens with zero attached hydrogens (tertiary/aromatic N) is 3. The van der Waals surface area contributed by atoms with Gasteiger partial charge in [0.05, 0.1) is 42.9 Å². The van der Waals surface area contributed by atoms with Gasteiger partial charge in [0.25, 0.3) is 0 Å². The number of nitrogens with two attached hydrogens (primary N) is 2. The molecule has 1 aromatic rings. The van der Waals surface area contributed by atoms with Crippen LogP contribution in [0.3, 0.4) is 0 Å². The van der Waals surface area contributed by atoms with Gasteiger partial charge in [-0.3, -0.25) is 25.3 Å². The monoisotopic (exact) mass is 442 g/mol. The predicted molar refractivity (Wildman–Crippen MR) is 114 cm³/mol. The first kappa shape index (κ1) is 23.7. The van der Waals surface area contributed by atoms with Gasteiger partial charge in [-0.15, -0.1) is 0 Å². The van der Waals surface area contributed by atoms with Crippen LogP contribution in [0.2, 0.25) is 0 Å². The smallest absolute Gasteiger partial charge is 0.233 e. The average molecular weight is 443 g/mol. The van der Waals surface area contributed by atoms with E-state index in [2.05, 4.69) is 25.8 Å². The summed E-state index contributed by atoms with van der Waals surface area (Å²) in [5.74, 6) is -1.91. The Morgan fingerprint density at radius 3 is 2.58 bits per heavy atom. The van der Waals surface area contributed by atoms with Crippen molar-refractivity contribution in [3.63, 3.8) is 0 Å². The first-order chi connectivity index (χ1) is 14.9. The Labute approximate surface area is 180 Å². The second-order valence-corrected chi connectivity index (χ2v) is 7.82. The number of pyridine rings is 1. The summed E-state index contributed by atoms with van der Waals surface area (Å²) in [6.45, 7) is 4.31. The highest BCUT2D eigenvalue weighted by Gasteiger charge is 2.35. The van der Waals surface area contributed by atoms with Crippen molar-refractivity contribution in [2.75, 3.05) is 69.7 Å². The van der Waals surface area contributed by atoms with Gasteiger partial charge in [-0.05, 0) is 0 Å². The molecule has 2 aliphatic heterocycles. The number of methoxy groups -OCH3 is 1. The minimum absolute atomic E-state index is 0.0916. The van der Waals surface area contributed by atoms with Crippen molar-refractivity contribution in [2.24, 2.45) is 17.4 Å². The highest BCUT2D eigenvalue weighted by atomic mass is 19.1. The lowest BCUT2D eigenvalue weighted by Gasteiger charge is -2.37. The maximum absolute atomic E-state index is 14.7. The molecule has 1 atom stereocenters. The Morgan fingerprint density at radius 2 is 1.97 bits per heavy atom. The molecule has 2 aliphatic rings. The molecule has 0 bridgehead atoms. The van der Waals surface area contributed by atoms with Crippen LogP contribution in [0, 0.1) is 11.7 Å². The van der Waals surface area contributed by atoms with Gasteiger partial charge in [-0.1, -0.05) is 0 Å². The van der Waals surface area contributed by atoms with Crippen LogP contribution in [0.25, 0.3) is 0 Å². The van der Waals surface area contributed by atoms with Gasteiger partial charge in [0, 0.05) is 52.9 Å². The average Bonchev–Trinajstić information content (AvgIpc) is 2.74. The zero-order valence-electron chi connectivity index (χ0n) is 17.7. The molecule has 7 N–H and O–H groups in total. The van der Waals surface area contributed by atoms with Crippen LogP contribution in [0.4, 0.5) is 20.2 Å². The molecule has 31 heavy (non-hydrogen) atoms. The van der Waals surface area contributed by atoms with E-state index < -0.39 is 36.1 Å². The molecule has 1 aromatic heterocycles. The van der Waals surface area contributed by atoms with Gasteiger partial charge in [0.1, 0.15) is 11.9 Å². The second kappa shape index (κ2) is 11.1. The van der Waals surface area contributed by atoms with Crippen LogP contribution in [0.5, 0.6) is 0 Å². The zero-order chi connectivity index (χ0) is 22.4. The number of alkyl halides is 1. The summed E-state index contributed by atoms with van der Waals surface area (Å²) in [5.41, 5.74) is 12.2. The fourth-order valence-corrected chi connectivity index (χ4v) is 3.93. The summed E-state index contributed by atoms with van der Waals surface area (Å²) in [6.07, 6.45) is -0.126. The molecule has 0 saturated carbocycles. The Bertz CT molecular complexity index is 725. The number of hydrogen-bond donors (Lipinski definition) is 5. The lowest BCUT2D eigenvalue weighted by molar-refractivity contribution is -0.122. The molecule has 0 spiro atoms. The highest BCUT2D eigenvalue weighted by molar-refractivity contribution is 5.96. The normalized spacial score (nSPS) is 23.7. The second-order valence-electron chi connectivity index (χ2n) is 7.82. The van der Waals surface area contributed by atoms with Crippen molar-refractivity contribution in [3.8, 4) is 0 Å². The minimum atomic E-state index is -1.06. The van der Waals surface area contributed by atoms with Crippen molar-refractivity contribution >= 4 is 17.3 Å². The van der Waals surface area contributed by atoms with E-state index in [1.54, 1.807) is 7.11 Å². The summed E-state index contributed by atoms with van der Waals surface area (Å²) < 4.78 is 33.3. The Balaban J connectivity index is 1.71. The fraction of sp³-hybridized carbons (Fsp3) is 0.684. The number of nitrogens with one attached hydrogen (secondary N) is 3. The molecule has 2 fully saturated rings. The number of hydrogen-bond acceptors (Lipinski definition) is 9. The zero-order valence-corrected chi connectivity index (χ0v) is 17.7. The Hall–Kier alpha value is -1.96. The fourth-order valence-electron chi connectivity index (χ4n) is 3.93. The lowest BCUT2D eigenvalue weighted by Crippen LogP contribution is -2.64. The number of halogens is 2. The number of anilines is 2. The molecule has 174 valence electrons. The molecule has 1 unspecified atom stereocenters. The number of carbonyl (C=O) groups is 1. The number of amides is 1. The van der Waals surface area contributed by atoms with E-state index >= 15 is 0 Å². The standard InChI is InChI=1S/C19H32F2N8O2/c1-31-7-6-28-2-4-29(5-3-28)16-13(21)10-24-11-14(16)27-19(30)15(17(22)23)18-25-8-12(20)9-26-18/h10-12,15,17-18,25-26H,2-9,22-23H2,1H3,(H,27,30). The SMILES string of the molecule is COCCN1CCN(c2c(F)cncc2NC(=O)C(C(N)N)C2NCC(F)CN2)CC1. The van der Waals surface area contributed by atoms with Crippen molar-refractivity contribution in [3.05, 3.63) is 18.2 Å². The largest absolute Gasteiger partial charge is 0.383 e. The van der Waals surface area contributed by atoms with Crippen LogP contribution in [-0.4, -0.2) is 93.8 Å². The first-order valence-corrected chi connectivity index (χ1v) is 10.4. The summed E-state index contributed by atoms with van der Waals surface area (Å²) in [7, 11) is 1.66. The molecular formula is C19H32F2N8O2. The molecule has 2 saturated heterocycles. The van der Waals surface area contributed by atoms with Crippen molar-refractivity contribution < 1.29 is 18.3 Å². The van der Waals surface area contributed by atoms with Gasteiger partial charge in [0.2, 0.25) is 5.91 Å². The van der Waals surface area contributed by atoms with Crippen LogP contribution in [0.1, 0.15) is 0 Å². The third-order valence-corrected chi connectivity index (χ3v) is 5.63. The molecule has 0 radical (unpaired) electrons. The third-order valence-electron chi connectivity index (χ3n) is 5.63. The van der Waals surface area contributed by atoms with E-state index in [-0.39, 0.29) is 24.5 Å². The lowest BCUT2D eigenvalue weighted by atomic mass is 9.99. The van der Waals surface area contributed by atoms with Crippen LogP contribution in [0.15, 0.2) is 12.4 Å². The first-order valence-electron chi connectivity index (χ1n) is 10.4. The summed E-state index contributed by atoms with van der Waals surface area (Å²) in [4.78, 5) is 21.0. The van der Waals surface area contributed by atoms with E-state index in [1.165, 1.54) is 6.20 Å². The number of carbonyl (C=O) groups excluding carboxylic acids is 1. The van der Waals surface area contributed by atoms with Crippen LogP contribution >= 0.6 is 0 Å². The van der Waals surface area contributed by atoms with E-state index in [1.807, 2.05) is 4.90 Å². The molecule has 12 heteroatoms.